The molecule has 4 rings (SSSR count). The number of carbonyl (C=O) groups excluding carboxylic acids is 1. The molecule has 1 N–H and O–H groups in total. The highest BCUT2D eigenvalue weighted by atomic mass is 16.5. The number of methoxy groups -OCH3 is 1. The lowest BCUT2D eigenvalue weighted by Gasteiger charge is -2.35. The molecule has 6 heteroatoms. The highest BCUT2D eigenvalue weighted by Crippen LogP contribution is 2.58. The van der Waals surface area contributed by atoms with Gasteiger partial charge in [0.05, 0.1) is 25.8 Å². The zero-order chi connectivity index (χ0) is 22.0. The van der Waals surface area contributed by atoms with Crippen LogP contribution in [0.2, 0.25) is 0 Å². The largest absolute Gasteiger partial charge is 0.497 e. The van der Waals surface area contributed by atoms with Gasteiger partial charge in [0, 0.05) is 24.1 Å². The molecule has 1 aliphatic heterocycles. The summed E-state index contributed by atoms with van der Waals surface area (Å²) < 4.78 is 11.8. The van der Waals surface area contributed by atoms with Gasteiger partial charge in [0.15, 0.2) is 5.76 Å². The first kappa shape index (κ1) is 22.0. The maximum atomic E-state index is 13.0. The van der Waals surface area contributed by atoms with Crippen LogP contribution < -0.4 is 5.56 Å². The molecule has 2 heterocycles. The maximum absolute atomic E-state index is 13.0. The van der Waals surface area contributed by atoms with Gasteiger partial charge in [0.2, 0.25) is 5.91 Å². The van der Waals surface area contributed by atoms with Crippen LogP contribution in [-0.4, -0.2) is 42.1 Å². The fourth-order valence-corrected chi connectivity index (χ4v) is 5.25. The summed E-state index contributed by atoms with van der Waals surface area (Å²) in [5.41, 5.74) is 2.23. The highest BCUT2D eigenvalue weighted by Gasteiger charge is 2.49. The number of aromatic amines is 1. The van der Waals surface area contributed by atoms with Crippen LogP contribution >= 0.6 is 0 Å². The number of hydrogen-bond acceptors (Lipinski definition) is 4. The van der Waals surface area contributed by atoms with Gasteiger partial charge in [0.1, 0.15) is 5.76 Å². The van der Waals surface area contributed by atoms with Gasteiger partial charge in [-0.1, -0.05) is 26.7 Å². The van der Waals surface area contributed by atoms with Crippen molar-refractivity contribution in [3.63, 3.8) is 0 Å². The first-order valence-corrected chi connectivity index (χ1v) is 12.1. The summed E-state index contributed by atoms with van der Waals surface area (Å²) in [6.45, 7) is 5.72. The summed E-state index contributed by atoms with van der Waals surface area (Å²) in [7, 11) is 1.68. The Morgan fingerprint density at radius 1 is 1.23 bits per heavy atom. The van der Waals surface area contributed by atoms with Crippen LogP contribution in [0.3, 0.4) is 0 Å². The van der Waals surface area contributed by atoms with Crippen molar-refractivity contribution in [2.75, 3.05) is 20.3 Å². The monoisotopic (exact) mass is 428 g/mol. The Hall–Kier alpha value is -2.24. The van der Waals surface area contributed by atoms with Crippen LogP contribution in [-0.2, 0) is 20.7 Å². The fourth-order valence-electron chi connectivity index (χ4n) is 5.25. The molecule has 1 aromatic rings. The first-order chi connectivity index (χ1) is 15.1. The van der Waals surface area contributed by atoms with Gasteiger partial charge in [-0.15, -0.1) is 0 Å². The number of fused-ring (bicyclic) bond motifs is 3. The third-order valence-electron chi connectivity index (χ3n) is 7.10. The fraction of sp³-hybridized carbons (Fsp3) is 0.680. The Morgan fingerprint density at radius 2 is 2.06 bits per heavy atom. The SMILES string of the molecule is CCCCCOC1=C(OC)C2CC2c2cc(CC(=O)N3CCCCC3CC)c(=O)[nH]c21. The second kappa shape index (κ2) is 9.49. The average Bonchev–Trinajstić information content (AvgIpc) is 3.58. The van der Waals surface area contributed by atoms with E-state index in [2.05, 4.69) is 18.8 Å². The Bertz CT molecular complexity index is 903. The second-order valence-corrected chi connectivity index (χ2v) is 9.18. The average molecular weight is 429 g/mol. The van der Waals surface area contributed by atoms with E-state index < -0.39 is 0 Å². The molecule has 0 bridgehead atoms. The summed E-state index contributed by atoms with van der Waals surface area (Å²) in [6.07, 6.45) is 8.66. The number of H-pyrrole nitrogens is 1. The van der Waals surface area contributed by atoms with E-state index >= 15 is 0 Å². The molecule has 2 aliphatic carbocycles. The molecule has 3 aliphatic rings. The van der Waals surface area contributed by atoms with E-state index in [1.807, 2.05) is 11.0 Å². The lowest BCUT2D eigenvalue weighted by atomic mass is 9.95. The number of carbonyl (C=O) groups is 1. The van der Waals surface area contributed by atoms with Crippen molar-refractivity contribution in [2.45, 2.75) is 83.6 Å². The van der Waals surface area contributed by atoms with Crippen molar-refractivity contribution >= 4 is 11.7 Å². The third-order valence-corrected chi connectivity index (χ3v) is 7.10. The molecule has 6 nitrogen and oxygen atoms in total. The summed E-state index contributed by atoms with van der Waals surface area (Å²) >= 11 is 0. The van der Waals surface area contributed by atoms with E-state index in [1.54, 1.807) is 7.11 Å². The van der Waals surface area contributed by atoms with Crippen LogP contribution in [0.15, 0.2) is 16.6 Å². The second-order valence-electron chi connectivity index (χ2n) is 9.18. The van der Waals surface area contributed by atoms with Crippen LogP contribution in [0, 0.1) is 5.92 Å². The first-order valence-electron chi connectivity index (χ1n) is 12.1. The molecule has 2 fully saturated rings. The summed E-state index contributed by atoms with van der Waals surface area (Å²) in [5, 5.41) is 0. The number of ether oxygens (including phenoxy) is 2. The smallest absolute Gasteiger partial charge is 0.252 e. The number of piperidine rings is 1. The van der Waals surface area contributed by atoms with Crippen LogP contribution in [0.5, 0.6) is 0 Å². The maximum Gasteiger partial charge on any atom is 0.252 e. The Kier molecular flexibility index (Phi) is 6.73. The van der Waals surface area contributed by atoms with Gasteiger partial charge < -0.3 is 19.4 Å². The zero-order valence-corrected chi connectivity index (χ0v) is 19.2. The number of pyridine rings is 1. The number of nitrogens with one attached hydrogen (secondary N) is 1. The molecule has 170 valence electrons. The lowest BCUT2D eigenvalue weighted by molar-refractivity contribution is -0.134. The standard InChI is InChI=1S/C25H36N2O4/c1-4-6-9-12-31-24-22-19(18-15-20(18)23(24)30-3)13-16(25(29)26-22)14-21(28)27-11-8-7-10-17(27)5-2/h13,17-18,20H,4-12,14-15H2,1-3H3,(H,26,29). The molecule has 1 saturated carbocycles. The van der Waals surface area contributed by atoms with Gasteiger partial charge in [-0.2, -0.15) is 0 Å². The minimum absolute atomic E-state index is 0.0734. The van der Waals surface area contributed by atoms with E-state index in [4.69, 9.17) is 9.47 Å². The highest BCUT2D eigenvalue weighted by molar-refractivity contribution is 5.79. The van der Waals surface area contributed by atoms with Crippen LogP contribution in [0.1, 0.15) is 88.0 Å². The van der Waals surface area contributed by atoms with E-state index in [1.165, 1.54) is 6.42 Å². The minimum Gasteiger partial charge on any atom is -0.497 e. The summed E-state index contributed by atoms with van der Waals surface area (Å²) in [4.78, 5) is 31.0. The van der Waals surface area contributed by atoms with Gasteiger partial charge in [-0.25, -0.2) is 0 Å². The number of rotatable bonds is 9. The lowest BCUT2D eigenvalue weighted by Crippen LogP contribution is -2.44. The molecule has 3 atom stereocenters. The van der Waals surface area contributed by atoms with Crippen molar-refractivity contribution < 1.29 is 14.3 Å². The molecule has 1 aromatic heterocycles. The molecule has 0 aromatic carbocycles. The number of nitrogens with zero attached hydrogens (tertiary/aromatic N) is 1. The molecule has 3 unspecified atom stereocenters. The van der Waals surface area contributed by atoms with Gasteiger partial charge >= 0.3 is 0 Å². The van der Waals surface area contributed by atoms with Crippen molar-refractivity contribution in [1.82, 2.24) is 9.88 Å². The zero-order valence-electron chi connectivity index (χ0n) is 19.2. The Morgan fingerprint density at radius 3 is 2.81 bits per heavy atom. The number of amides is 1. The van der Waals surface area contributed by atoms with Gasteiger partial charge in [-0.3, -0.25) is 9.59 Å². The predicted molar refractivity (Wildman–Crippen MR) is 121 cm³/mol. The number of likely N-dealkylation sites (tertiary alicyclic amines) is 1. The number of aromatic nitrogens is 1. The van der Waals surface area contributed by atoms with E-state index in [0.717, 1.165) is 68.5 Å². The normalized spacial score (nSPS) is 24.5. The molecule has 31 heavy (non-hydrogen) atoms. The molecule has 0 radical (unpaired) electrons. The number of allylic oxidation sites excluding steroid dienone is 1. The van der Waals surface area contributed by atoms with Crippen molar-refractivity contribution in [3.05, 3.63) is 39.0 Å². The summed E-state index contributed by atoms with van der Waals surface area (Å²) in [6, 6.07) is 2.27. The molecular formula is C25H36N2O4. The minimum atomic E-state index is -0.193. The Balaban J connectivity index is 1.58. The van der Waals surface area contributed by atoms with E-state index in [9.17, 15) is 9.59 Å². The topological polar surface area (TPSA) is 71.6 Å². The van der Waals surface area contributed by atoms with Crippen molar-refractivity contribution in [3.8, 4) is 0 Å². The summed E-state index contributed by atoms with van der Waals surface area (Å²) in [5.74, 6) is 2.28. The van der Waals surface area contributed by atoms with Crippen molar-refractivity contribution in [1.29, 1.82) is 0 Å². The Labute approximate surface area is 185 Å². The van der Waals surface area contributed by atoms with E-state index in [0.29, 0.717) is 35.8 Å². The molecule has 1 amide bonds. The predicted octanol–water partition coefficient (Wildman–Crippen LogP) is 4.35. The van der Waals surface area contributed by atoms with E-state index in [-0.39, 0.29) is 17.9 Å². The third kappa shape index (κ3) is 4.39. The quantitative estimate of drug-likeness (QED) is 0.594. The molecular weight excluding hydrogens is 392 g/mol. The number of hydrogen-bond donors (Lipinski definition) is 1. The van der Waals surface area contributed by atoms with Crippen LogP contribution in [0.25, 0.3) is 5.76 Å². The number of unbranched alkanes of at least 4 members (excludes halogenated alkanes) is 2. The van der Waals surface area contributed by atoms with Gasteiger partial charge in [-0.05, 0) is 56.1 Å². The van der Waals surface area contributed by atoms with Gasteiger partial charge in [0.25, 0.3) is 5.56 Å². The molecule has 1 saturated heterocycles. The van der Waals surface area contributed by atoms with Crippen LogP contribution in [0.4, 0.5) is 0 Å². The van der Waals surface area contributed by atoms with Crippen molar-refractivity contribution in [2.24, 2.45) is 5.92 Å². The molecule has 0 spiro atoms.